The Hall–Kier alpha value is -1.27. The van der Waals surface area contributed by atoms with Crippen LogP contribution < -0.4 is 0 Å². The van der Waals surface area contributed by atoms with Gasteiger partial charge in [-0.3, -0.25) is 4.68 Å². The maximum atomic E-state index is 10.3. The van der Waals surface area contributed by atoms with Crippen LogP contribution in [0.3, 0.4) is 0 Å². The van der Waals surface area contributed by atoms with E-state index < -0.39 is 6.10 Å². The van der Waals surface area contributed by atoms with Crippen molar-refractivity contribution < 1.29 is 5.11 Å². The number of hydrogen-bond donors (Lipinski definition) is 1. The fourth-order valence-electron chi connectivity index (χ4n) is 1.84. The Kier molecular flexibility index (Phi) is 4.08. The summed E-state index contributed by atoms with van der Waals surface area (Å²) in [5.41, 5.74) is 1.93. The quantitative estimate of drug-likeness (QED) is 0.900. The smallest absolute Gasteiger partial charge is 0.0958 e. The first kappa shape index (κ1) is 13.2. The van der Waals surface area contributed by atoms with Crippen molar-refractivity contribution in [1.29, 1.82) is 0 Å². The molecule has 1 unspecified atom stereocenters. The van der Waals surface area contributed by atoms with Crippen molar-refractivity contribution in [2.45, 2.75) is 45.8 Å². The van der Waals surface area contributed by atoms with Crippen LogP contribution in [0.25, 0.3) is 0 Å². The van der Waals surface area contributed by atoms with Crippen LogP contribution in [-0.4, -0.2) is 24.5 Å². The van der Waals surface area contributed by atoms with Gasteiger partial charge in [0, 0.05) is 19.2 Å². The SMILES string of the molecule is CCn1cc(CC(O)c2snnc2C(C)C)cn1. The standard InChI is InChI=1S/C12H18N4OS/c1-4-16-7-9(6-13-16)5-10(17)12-11(8(2)3)14-15-18-12/h6-8,10,17H,4-5H2,1-3H3. The third kappa shape index (κ3) is 2.76. The summed E-state index contributed by atoms with van der Waals surface area (Å²) >= 11 is 1.28. The van der Waals surface area contributed by atoms with E-state index in [-0.39, 0.29) is 5.92 Å². The van der Waals surface area contributed by atoms with E-state index in [1.165, 1.54) is 11.5 Å². The van der Waals surface area contributed by atoms with Crippen LogP contribution in [0, 0.1) is 0 Å². The Morgan fingerprint density at radius 2 is 2.22 bits per heavy atom. The van der Waals surface area contributed by atoms with Gasteiger partial charge in [0.25, 0.3) is 0 Å². The maximum Gasteiger partial charge on any atom is 0.0958 e. The van der Waals surface area contributed by atoms with Gasteiger partial charge in [0.1, 0.15) is 0 Å². The van der Waals surface area contributed by atoms with Crippen LogP contribution in [0.15, 0.2) is 12.4 Å². The van der Waals surface area contributed by atoms with Gasteiger partial charge in [-0.25, -0.2) is 0 Å². The Morgan fingerprint density at radius 3 is 2.83 bits per heavy atom. The van der Waals surface area contributed by atoms with Gasteiger partial charge >= 0.3 is 0 Å². The van der Waals surface area contributed by atoms with Crippen LogP contribution in [0.5, 0.6) is 0 Å². The summed E-state index contributed by atoms with van der Waals surface area (Å²) < 4.78 is 5.80. The summed E-state index contributed by atoms with van der Waals surface area (Å²) in [7, 11) is 0. The van der Waals surface area contributed by atoms with Gasteiger partial charge in [-0.2, -0.15) is 5.10 Å². The predicted octanol–water partition coefficient (Wildman–Crippen LogP) is 2.15. The highest BCUT2D eigenvalue weighted by Crippen LogP contribution is 2.28. The second-order valence-corrected chi connectivity index (χ2v) is 5.39. The molecule has 0 aliphatic rings. The molecule has 2 rings (SSSR count). The second-order valence-electron chi connectivity index (χ2n) is 4.60. The minimum Gasteiger partial charge on any atom is -0.387 e. The van der Waals surface area contributed by atoms with Gasteiger partial charge in [0.05, 0.1) is 22.9 Å². The van der Waals surface area contributed by atoms with Crippen LogP contribution in [-0.2, 0) is 13.0 Å². The molecular weight excluding hydrogens is 248 g/mol. The molecule has 98 valence electrons. The molecule has 6 heteroatoms. The molecule has 0 spiro atoms. The molecule has 2 aromatic rings. The third-order valence-corrected chi connectivity index (χ3v) is 3.67. The highest BCUT2D eigenvalue weighted by atomic mass is 32.1. The van der Waals surface area contributed by atoms with Crippen molar-refractivity contribution in [3.63, 3.8) is 0 Å². The minimum absolute atomic E-state index is 0.284. The molecule has 0 aliphatic heterocycles. The Morgan fingerprint density at radius 1 is 1.44 bits per heavy atom. The zero-order valence-corrected chi connectivity index (χ0v) is 11.7. The monoisotopic (exact) mass is 266 g/mol. The lowest BCUT2D eigenvalue weighted by atomic mass is 10.0. The van der Waals surface area contributed by atoms with Crippen molar-refractivity contribution in [1.82, 2.24) is 19.4 Å². The lowest BCUT2D eigenvalue weighted by molar-refractivity contribution is 0.180. The van der Waals surface area contributed by atoms with Gasteiger partial charge in [-0.1, -0.05) is 18.3 Å². The molecule has 0 aliphatic carbocycles. The molecule has 0 saturated carbocycles. The van der Waals surface area contributed by atoms with E-state index in [1.54, 1.807) is 6.20 Å². The summed E-state index contributed by atoms with van der Waals surface area (Å²) in [4.78, 5) is 0.870. The van der Waals surface area contributed by atoms with E-state index in [0.29, 0.717) is 6.42 Å². The molecule has 0 radical (unpaired) electrons. The molecule has 18 heavy (non-hydrogen) atoms. The van der Waals surface area contributed by atoms with Crippen LogP contribution >= 0.6 is 11.5 Å². The average molecular weight is 266 g/mol. The first-order valence-corrected chi connectivity index (χ1v) is 6.90. The van der Waals surface area contributed by atoms with Gasteiger partial charge in [0.2, 0.25) is 0 Å². The molecule has 0 fully saturated rings. The molecule has 5 nitrogen and oxygen atoms in total. The Bertz CT molecular complexity index is 506. The number of nitrogens with zero attached hydrogens (tertiary/aromatic N) is 4. The zero-order chi connectivity index (χ0) is 13.1. The fourth-order valence-corrected chi connectivity index (χ4v) is 2.63. The summed E-state index contributed by atoms with van der Waals surface area (Å²) in [5, 5.41) is 18.6. The topological polar surface area (TPSA) is 63.8 Å². The molecule has 0 saturated heterocycles. The van der Waals surface area contributed by atoms with E-state index in [2.05, 4.69) is 28.5 Å². The molecule has 0 aromatic carbocycles. The molecule has 0 amide bonds. The fraction of sp³-hybridized carbons (Fsp3) is 0.583. The number of aliphatic hydroxyl groups is 1. The van der Waals surface area contributed by atoms with Gasteiger partial charge < -0.3 is 5.11 Å². The third-order valence-electron chi connectivity index (χ3n) is 2.83. The molecule has 1 N–H and O–H groups in total. The molecule has 2 aromatic heterocycles. The van der Waals surface area contributed by atoms with Crippen molar-refractivity contribution in [2.24, 2.45) is 0 Å². The molecule has 2 heterocycles. The van der Waals surface area contributed by atoms with E-state index >= 15 is 0 Å². The van der Waals surface area contributed by atoms with Crippen LogP contribution in [0.1, 0.15) is 48.9 Å². The van der Waals surface area contributed by atoms with Crippen LogP contribution in [0.2, 0.25) is 0 Å². The summed E-state index contributed by atoms with van der Waals surface area (Å²) in [5.74, 6) is 0.284. The predicted molar refractivity (Wildman–Crippen MR) is 70.6 cm³/mol. The van der Waals surface area contributed by atoms with Gasteiger partial charge in [0.15, 0.2) is 0 Å². The highest BCUT2D eigenvalue weighted by molar-refractivity contribution is 7.05. The van der Waals surface area contributed by atoms with Crippen LogP contribution in [0.4, 0.5) is 0 Å². The number of aliphatic hydroxyl groups excluding tert-OH is 1. The molecule has 0 bridgehead atoms. The van der Waals surface area contributed by atoms with Gasteiger partial charge in [-0.15, -0.1) is 5.10 Å². The number of aryl methyl sites for hydroxylation is 1. The van der Waals surface area contributed by atoms with Crippen molar-refractivity contribution in [3.05, 3.63) is 28.5 Å². The van der Waals surface area contributed by atoms with Crippen molar-refractivity contribution >= 4 is 11.5 Å². The van der Waals surface area contributed by atoms with E-state index in [1.807, 2.05) is 17.8 Å². The Labute approximate surface area is 111 Å². The Balaban J connectivity index is 2.11. The van der Waals surface area contributed by atoms with Crippen molar-refractivity contribution in [2.75, 3.05) is 0 Å². The summed E-state index contributed by atoms with van der Waals surface area (Å²) in [6, 6.07) is 0. The highest BCUT2D eigenvalue weighted by Gasteiger charge is 2.19. The number of rotatable bonds is 5. The molecule has 1 atom stereocenters. The van der Waals surface area contributed by atoms with E-state index in [0.717, 1.165) is 22.7 Å². The minimum atomic E-state index is -0.545. The summed E-state index contributed by atoms with van der Waals surface area (Å²) in [6.07, 6.45) is 3.78. The second kappa shape index (κ2) is 5.58. The number of hydrogen-bond acceptors (Lipinski definition) is 5. The normalized spacial score (nSPS) is 13.2. The lowest BCUT2D eigenvalue weighted by Gasteiger charge is -2.09. The summed E-state index contributed by atoms with van der Waals surface area (Å²) in [6.45, 7) is 7.00. The van der Waals surface area contributed by atoms with Gasteiger partial charge in [-0.05, 0) is 29.9 Å². The number of aromatic nitrogens is 4. The first-order valence-electron chi connectivity index (χ1n) is 6.13. The van der Waals surface area contributed by atoms with E-state index in [4.69, 9.17) is 0 Å². The zero-order valence-electron chi connectivity index (χ0n) is 10.9. The average Bonchev–Trinajstić information content (AvgIpc) is 2.96. The van der Waals surface area contributed by atoms with E-state index in [9.17, 15) is 5.11 Å². The molecular formula is C12H18N4OS. The first-order chi connectivity index (χ1) is 8.61. The largest absolute Gasteiger partial charge is 0.387 e. The maximum absolute atomic E-state index is 10.3. The van der Waals surface area contributed by atoms with Crippen molar-refractivity contribution in [3.8, 4) is 0 Å². The lowest BCUT2D eigenvalue weighted by Crippen LogP contribution is -2.04.